The van der Waals surface area contributed by atoms with Crippen LogP contribution in [0.1, 0.15) is 16.1 Å². The van der Waals surface area contributed by atoms with Gasteiger partial charge in [0.1, 0.15) is 11.3 Å². The zero-order valence-electron chi connectivity index (χ0n) is 14.1. The van der Waals surface area contributed by atoms with E-state index >= 15 is 0 Å². The van der Waals surface area contributed by atoms with Crippen LogP contribution in [0, 0.1) is 6.92 Å². The van der Waals surface area contributed by atoms with Crippen LogP contribution in [0.4, 0.5) is 5.69 Å². The Balaban J connectivity index is 2.36. The van der Waals surface area contributed by atoms with Crippen LogP contribution in [0.25, 0.3) is 0 Å². The first-order chi connectivity index (χ1) is 11.7. The van der Waals surface area contributed by atoms with Crippen molar-refractivity contribution in [2.45, 2.75) is 13.5 Å². The zero-order valence-corrected chi connectivity index (χ0v) is 15.6. The molecule has 0 unspecified atom stereocenters. The van der Waals surface area contributed by atoms with Crippen LogP contribution in [0.2, 0.25) is 10.0 Å². The van der Waals surface area contributed by atoms with Gasteiger partial charge in [-0.05, 0) is 39.2 Å². The number of hydrogen-bond acceptors (Lipinski definition) is 4. The molecule has 0 saturated heterocycles. The highest BCUT2D eigenvalue weighted by atomic mass is 35.5. The van der Waals surface area contributed by atoms with Gasteiger partial charge in [0.2, 0.25) is 0 Å². The highest BCUT2D eigenvalue weighted by Gasteiger charge is 2.20. The van der Waals surface area contributed by atoms with Crippen molar-refractivity contribution in [1.29, 1.82) is 0 Å². The molecule has 8 heteroatoms. The van der Waals surface area contributed by atoms with E-state index in [0.717, 1.165) is 0 Å². The number of likely N-dealkylation sites (N-methyl/N-ethyl adjacent to an activating group) is 1. The molecule has 0 aliphatic rings. The number of amides is 1. The minimum atomic E-state index is -0.709. The molecular weight excluding hydrogens is 365 g/mol. The van der Waals surface area contributed by atoms with E-state index in [2.05, 4.69) is 5.32 Å². The second-order valence-corrected chi connectivity index (χ2v) is 6.70. The fraction of sp³-hybridized carbons (Fsp3) is 0.294. The molecule has 134 valence electrons. The van der Waals surface area contributed by atoms with Crippen molar-refractivity contribution in [3.05, 3.63) is 55.9 Å². The quantitative estimate of drug-likeness (QED) is 0.831. The van der Waals surface area contributed by atoms with E-state index in [9.17, 15) is 14.7 Å². The largest absolute Gasteiger partial charge is 0.507 e. The zero-order chi connectivity index (χ0) is 18.7. The summed E-state index contributed by atoms with van der Waals surface area (Å²) in [6.45, 7) is 2.74. The number of aryl methyl sites for hydroxylation is 1. The number of aromatic nitrogens is 1. The molecule has 0 aliphatic heterocycles. The van der Waals surface area contributed by atoms with Gasteiger partial charge in [0.05, 0.1) is 10.0 Å². The summed E-state index contributed by atoms with van der Waals surface area (Å²) in [5.41, 5.74) is 0.0985. The molecule has 1 aromatic heterocycles. The molecule has 1 amide bonds. The number of halogens is 2. The number of nitrogens with one attached hydrogen (secondary N) is 1. The van der Waals surface area contributed by atoms with Crippen LogP contribution >= 0.6 is 23.2 Å². The lowest BCUT2D eigenvalue weighted by Crippen LogP contribution is -2.33. The fourth-order valence-electron chi connectivity index (χ4n) is 2.31. The minimum Gasteiger partial charge on any atom is -0.507 e. The van der Waals surface area contributed by atoms with Crippen LogP contribution in [0.15, 0.2) is 29.1 Å². The van der Waals surface area contributed by atoms with Gasteiger partial charge in [0, 0.05) is 30.5 Å². The predicted octanol–water partition coefficient (Wildman–Crippen LogP) is 2.98. The summed E-state index contributed by atoms with van der Waals surface area (Å²) in [7, 11) is 3.78. The number of carbonyl (C=O) groups is 1. The van der Waals surface area contributed by atoms with Gasteiger partial charge in [-0.3, -0.25) is 9.59 Å². The van der Waals surface area contributed by atoms with Gasteiger partial charge in [-0.25, -0.2) is 0 Å². The third-order valence-corrected chi connectivity index (χ3v) is 4.40. The normalized spacial score (nSPS) is 11.0. The number of pyridine rings is 1. The van der Waals surface area contributed by atoms with E-state index < -0.39 is 11.5 Å². The molecule has 25 heavy (non-hydrogen) atoms. The van der Waals surface area contributed by atoms with E-state index in [1.54, 1.807) is 13.0 Å². The van der Waals surface area contributed by atoms with Crippen LogP contribution in [0.5, 0.6) is 5.75 Å². The van der Waals surface area contributed by atoms with Gasteiger partial charge in [0.25, 0.3) is 11.5 Å². The van der Waals surface area contributed by atoms with E-state index in [1.807, 2.05) is 19.0 Å². The summed E-state index contributed by atoms with van der Waals surface area (Å²) in [4.78, 5) is 27.1. The Morgan fingerprint density at radius 1 is 1.24 bits per heavy atom. The van der Waals surface area contributed by atoms with E-state index in [0.29, 0.717) is 29.5 Å². The average Bonchev–Trinajstić information content (AvgIpc) is 2.50. The molecule has 0 saturated carbocycles. The predicted molar refractivity (Wildman–Crippen MR) is 100 cm³/mol. The molecule has 2 aromatic rings. The number of anilines is 1. The van der Waals surface area contributed by atoms with Gasteiger partial charge < -0.3 is 19.9 Å². The van der Waals surface area contributed by atoms with Crippen molar-refractivity contribution in [2.24, 2.45) is 0 Å². The van der Waals surface area contributed by atoms with Crippen molar-refractivity contribution in [1.82, 2.24) is 9.47 Å². The Morgan fingerprint density at radius 3 is 2.52 bits per heavy atom. The second-order valence-electron chi connectivity index (χ2n) is 5.89. The smallest absolute Gasteiger partial charge is 0.267 e. The molecule has 0 spiro atoms. The van der Waals surface area contributed by atoms with Crippen molar-refractivity contribution >= 4 is 34.8 Å². The molecule has 0 fully saturated rings. The molecule has 0 atom stereocenters. The van der Waals surface area contributed by atoms with Gasteiger partial charge in [-0.2, -0.15) is 0 Å². The first-order valence-electron chi connectivity index (χ1n) is 7.55. The van der Waals surface area contributed by atoms with Crippen LogP contribution < -0.4 is 10.9 Å². The lowest BCUT2D eigenvalue weighted by atomic mass is 10.2. The summed E-state index contributed by atoms with van der Waals surface area (Å²) >= 11 is 11.8. The monoisotopic (exact) mass is 383 g/mol. The minimum absolute atomic E-state index is 0.274. The summed E-state index contributed by atoms with van der Waals surface area (Å²) in [5.74, 6) is -1.07. The Bertz CT molecular complexity index is 863. The molecule has 6 nitrogen and oxygen atoms in total. The lowest BCUT2D eigenvalue weighted by Gasteiger charge is -2.16. The molecule has 0 radical (unpaired) electrons. The summed E-state index contributed by atoms with van der Waals surface area (Å²) < 4.78 is 1.46. The summed E-state index contributed by atoms with van der Waals surface area (Å²) in [6.07, 6.45) is 0. The molecule has 1 aromatic carbocycles. The lowest BCUT2D eigenvalue weighted by molar-refractivity contribution is 0.102. The number of carbonyl (C=O) groups excluding carboxylic acids is 1. The van der Waals surface area contributed by atoms with Crippen molar-refractivity contribution in [3.8, 4) is 5.75 Å². The maximum Gasteiger partial charge on any atom is 0.267 e. The van der Waals surface area contributed by atoms with Crippen molar-refractivity contribution in [2.75, 3.05) is 26.0 Å². The highest BCUT2D eigenvalue weighted by molar-refractivity contribution is 6.42. The first-order valence-corrected chi connectivity index (χ1v) is 8.31. The van der Waals surface area contributed by atoms with Gasteiger partial charge in [0.15, 0.2) is 0 Å². The maximum atomic E-state index is 12.7. The first kappa shape index (κ1) is 19.3. The van der Waals surface area contributed by atoms with Gasteiger partial charge in [-0.1, -0.05) is 23.2 Å². The van der Waals surface area contributed by atoms with Crippen molar-refractivity contribution < 1.29 is 9.90 Å². The molecule has 0 bridgehead atoms. The third kappa shape index (κ3) is 4.54. The molecule has 0 aliphatic carbocycles. The van der Waals surface area contributed by atoms with Crippen LogP contribution in [0.3, 0.4) is 0 Å². The summed E-state index contributed by atoms with van der Waals surface area (Å²) in [6, 6.07) is 5.96. The topological polar surface area (TPSA) is 74.6 Å². The van der Waals surface area contributed by atoms with Gasteiger partial charge in [-0.15, -0.1) is 0 Å². The number of aromatic hydroxyl groups is 1. The Hall–Kier alpha value is -2.02. The third-order valence-electron chi connectivity index (χ3n) is 3.66. The number of rotatable bonds is 5. The van der Waals surface area contributed by atoms with E-state index in [4.69, 9.17) is 23.2 Å². The number of benzene rings is 1. The Morgan fingerprint density at radius 2 is 1.92 bits per heavy atom. The SMILES string of the molecule is Cc1cc(O)c(C(=O)Nc2ccc(Cl)c(Cl)c2)c(=O)n1CCN(C)C. The summed E-state index contributed by atoms with van der Waals surface area (Å²) in [5, 5.41) is 13.3. The second kappa shape index (κ2) is 7.91. The van der Waals surface area contributed by atoms with Crippen LogP contribution in [-0.2, 0) is 6.54 Å². The van der Waals surface area contributed by atoms with E-state index in [1.165, 1.54) is 22.8 Å². The van der Waals surface area contributed by atoms with Crippen molar-refractivity contribution in [3.63, 3.8) is 0 Å². The number of nitrogens with zero attached hydrogens (tertiary/aromatic N) is 2. The average molecular weight is 384 g/mol. The standard InChI is InChI=1S/C17H19Cl2N3O3/c1-10-8-14(23)15(17(25)22(10)7-6-21(2)3)16(24)20-11-4-5-12(18)13(19)9-11/h4-5,8-9,23H,6-7H2,1-3H3,(H,20,24). The molecule has 2 N–H and O–H groups in total. The fourth-order valence-corrected chi connectivity index (χ4v) is 2.61. The Kier molecular flexibility index (Phi) is 6.11. The van der Waals surface area contributed by atoms with E-state index in [-0.39, 0.29) is 16.3 Å². The highest BCUT2D eigenvalue weighted by Crippen LogP contribution is 2.25. The molecular formula is C17H19Cl2N3O3. The van der Waals surface area contributed by atoms with Crippen LogP contribution in [-0.4, -0.2) is 41.1 Å². The molecule has 1 heterocycles. The van der Waals surface area contributed by atoms with Gasteiger partial charge >= 0.3 is 0 Å². The Labute approximate surface area is 155 Å². The maximum absolute atomic E-state index is 12.7. The molecule has 2 rings (SSSR count). The number of hydrogen-bond donors (Lipinski definition) is 2.